The molecule has 0 radical (unpaired) electrons. The van der Waals surface area contributed by atoms with Crippen LogP contribution in [-0.4, -0.2) is 24.6 Å². The van der Waals surface area contributed by atoms with Crippen LogP contribution in [0.5, 0.6) is 0 Å². The lowest BCUT2D eigenvalue weighted by molar-refractivity contribution is -0.118. The Bertz CT molecular complexity index is 1190. The normalized spacial score (nSPS) is 20.3. The third-order valence-electron chi connectivity index (χ3n) is 5.97. The standard InChI is InChI=1S/C27H29F2N3O2/c1-6-18-7-9-21-15(2)11-19(25(21)26(18)33)12-16(3)22(27(34)30-5)14-31-17(4)32-24-10-8-20(28)13-23(24)29/h7-11,13-15,18H,3,6,12H2,1-2,4-5H3,(H,30,34)(H,31,32)/b22-14+. The van der Waals surface area contributed by atoms with Crippen molar-refractivity contribution in [2.75, 3.05) is 12.4 Å². The molecule has 2 aliphatic carbocycles. The highest BCUT2D eigenvalue weighted by Crippen LogP contribution is 2.40. The van der Waals surface area contributed by atoms with Crippen LogP contribution < -0.4 is 10.6 Å². The minimum atomic E-state index is -0.752. The lowest BCUT2D eigenvalue weighted by Crippen LogP contribution is -2.22. The summed E-state index contributed by atoms with van der Waals surface area (Å²) in [6.45, 7) is 9.71. The number of amides is 1. The molecule has 1 amide bonds. The van der Waals surface area contributed by atoms with Crippen molar-refractivity contribution in [3.05, 3.63) is 88.7 Å². The van der Waals surface area contributed by atoms with Gasteiger partial charge in [-0.1, -0.05) is 38.7 Å². The second-order valence-electron chi connectivity index (χ2n) is 8.41. The van der Waals surface area contributed by atoms with E-state index >= 15 is 0 Å². The molecule has 0 fully saturated rings. The van der Waals surface area contributed by atoms with Crippen molar-refractivity contribution in [2.45, 2.75) is 33.6 Å². The number of halogens is 2. The molecule has 5 nitrogen and oxygen atoms in total. The van der Waals surface area contributed by atoms with E-state index in [1.165, 1.54) is 19.3 Å². The number of allylic oxidation sites excluding steroid dienone is 6. The molecule has 2 N–H and O–H groups in total. The number of aliphatic imine (C=N–C) groups is 1. The average molecular weight is 466 g/mol. The molecule has 34 heavy (non-hydrogen) atoms. The molecule has 0 aliphatic heterocycles. The van der Waals surface area contributed by atoms with Crippen molar-refractivity contribution in [2.24, 2.45) is 16.8 Å². The summed E-state index contributed by atoms with van der Waals surface area (Å²) < 4.78 is 27.0. The second kappa shape index (κ2) is 10.5. The van der Waals surface area contributed by atoms with Crippen LogP contribution in [-0.2, 0) is 9.59 Å². The summed E-state index contributed by atoms with van der Waals surface area (Å²) in [5, 5.41) is 5.33. The molecule has 178 valence electrons. The molecule has 7 heteroatoms. The number of amidine groups is 1. The van der Waals surface area contributed by atoms with Crippen LogP contribution in [0.4, 0.5) is 14.5 Å². The van der Waals surface area contributed by atoms with Gasteiger partial charge in [0.15, 0.2) is 5.78 Å². The summed E-state index contributed by atoms with van der Waals surface area (Å²) in [7, 11) is 1.50. The summed E-state index contributed by atoms with van der Waals surface area (Å²) in [6.07, 6.45) is 8.46. The molecule has 2 aliphatic rings. The van der Waals surface area contributed by atoms with E-state index in [0.717, 1.165) is 35.3 Å². The first kappa shape index (κ1) is 25.0. The highest BCUT2D eigenvalue weighted by Gasteiger charge is 2.33. The van der Waals surface area contributed by atoms with Crippen molar-refractivity contribution in [3.8, 4) is 0 Å². The molecule has 0 saturated heterocycles. The minimum absolute atomic E-state index is 0.0651. The van der Waals surface area contributed by atoms with Gasteiger partial charge in [-0.05, 0) is 48.6 Å². The summed E-state index contributed by atoms with van der Waals surface area (Å²) >= 11 is 0. The number of nitrogens with zero attached hydrogens (tertiary/aromatic N) is 1. The maximum atomic E-state index is 13.9. The number of nitrogens with one attached hydrogen (secondary N) is 2. The third-order valence-corrected chi connectivity index (χ3v) is 5.97. The van der Waals surface area contributed by atoms with E-state index < -0.39 is 11.6 Å². The van der Waals surface area contributed by atoms with E-state index in [4.69, 9.17) is 0 Å². The van der Waals surface area contributed by atoms with Gasteiger partial charge in [0.2, 0.25) is 0 Å². The van der Waals surface area contributed by atoms with Crippen LogP contribution in [0.2, 0.25) is 0 Å². The van der Waals surface area contributed by atoms with Crippen molar-refractivity contribution in [1.29, 1.82) is 0 Å². The number of hydrogen-bond acceptors (Lipinski definition) is 3. The quantitative estimate of drug-likeness (QED) is 0.245. The number of Topliss-reactive ketones (excluding diaryl/α,β-unsaturated/α-hetero) is 1. The van der Waals surface area contributed by atoms with Crippen molar-refractivity contribution in [3.63, 3.8) is 0 Å². The zero-order valence-electron chi connectivity index (χ0n) is 19.8. The Kier molecular flexibility index (Phi) is 7.76. The summed E-state index contributed by atoms with van der Waals surface area (Å²) in [4.78, 5) is 29.8. The Balaban J connectivity index is 1.83. The lowest BCUT2D eigenvalue weighted by atomic mass is 9.83. The monoisotopic (exact) mass is 465 g/mol. The topological polar surface area (TPSA) is 70.6 Å². The largest absolute Gasteiger partial charge is 0.355 e. The Hall–Kier alpha value is -3.61. The van der Waals surface area contributed by atoms with Gasteiger partial charge in [-0.15, -0.1) is 0 Å². The number of ketones is 1. The number of rotatable bonds is 7. The summed E-state index contributed by atoms with van der Waals surface area (Å²) in [5.41, 5.74) is 3.41. The number of carbonyl (C=O) groups is 2. The molecule has 0 spiro atoms. The van der Waals surface area contributed by atoms with Gasteiger partial charge in [-0.3, -0.25) is 9.59 Å². The van der Waals surface area contributed by atoms with Crippen molar-refractivity contribution >= 4 is 23.2 Å². The highest BCUT2D eigenvalue weighted by molar-refractivity contribution is 6.06. The van der Waals surface area contributed by atoms with Gasteiger partial charge >= 0.3 is 0 Å². The number of likely N-dealkylation sites (N-methyl/N-ethyl adjacent to an activating group) is 1. The van der Waals surface area contributed by atoms with Gasteiger partial charge < -0.3 is 10.6 Å². The maximum absolute atomic E-state index is 13.9. The predicted octanol–water partition coefficient (Wildman–Crippen LogP) is 5.41. The molecule has 1 aromatic carbocycles. The fourth-order valence-corrected chi connectivity index (χ4v) is 4.13. The molecule has 0 saturated carbocycles. The Morgan fingerprint density at radius 2 is 2.03 bits per heavy atom. The van der Waals surface area contributed by atoms with Gasteiger partial charge in [-0.2, -0.15) is 0 Å². The predicted molar refractivity (Wildman–Crippen MR) is 131 cm³/mol. The number of carbonyl (C=O) groups excluding carboxylic acids is 2. The second-order valence-corrected chi connectivity index (χ2v) is 8.41. The van der Waals surface area contributed by atoms with Crippen LogP contribution in [0, 0.1) is 23.5 Å². The maximum Gasteiger partial charge on any atom is 0.252 e. The number of hydrogen-bond donors (Lipinski definition) is 2. The van der Waals surface area contributed by atoms with Crippen LogP contribution in [0.3, 0.4) is 0 Å². The van der Waals surface area contributed by atoms with Crippen LogP contribution in [0.15, 0.2) is 82.1 Å². The van der Waals surface area contributed by atoms with Crippen LogP contribution >= 0.6 is 0 Å². The zero-order valence-corrected chi connectivity index (χ0v) is 19.8. The Morgan fingerprint density at radius 3 is 2.68 bits per heavy atom. The lowest BCUT2D eigenvalue weighted by Gasteiger charge is -2.20. The van der Waals surface area contributed by atoms with Crippen LogP contribution in [0.1, 0.15) is 33.6 Å². The fraction of sp³-hybridized carbons (Fsp3) is 0.296. The molecule has 0 heterocycles. The van der Waals surface area contributed by atoms with E-state index in [1.54, 1.807) is 6.92 Å². The van der Waals surface area contributed by atoms with E-state index in [2.05, 4.69) is 22.2 Å². The Morgan fingerprint density at radius 1 is 1.29 bits per heavy atom. The van der Waals surface area contributed by atoms with E-state index in [1.807, 2.05) is 32.1 Å². The molecule has 2 atom stereocenters. The van der Waals surface area contributed by atoms with E-state index in [-0.39, 0.29) is 34.8 Å². The molecular weight excluding hydrogens is 436 g/mol. The first-order valence-corrected chi connectivity index (χ1v) is 11.2. The Labute approximate surface area is 198 Å². The van der Waals surface area contributed by atoms with Gasteiger partial charge in [0.1, 0.15) is 17.5 Å². The smallest absolute Gasteiger partial charge is 0.252 e. The van der Waals surface area contributed by atoms with Crippen LogP contribution in [0.25, 0.3) is 0 Å². The highest BCUT2D eigenvalue weighted by atomic mass is 19.1. The van der Waals surface area contributed by atoms with Crippen molar-refractivity contribution < 1.29 is 18.4 Å². The minimum Gasteiger partial charge on any atom is -0.355 e. The third kappa shape index (κ3) is 5.30. The fourth-order valence-electron chi connectivity index (χ4n) is 4.13. The molecular formula is C27H29F2N3O2. The number of anilines is 1. The van der Waals surface area contributed by atoms with E-state index in [0.29, 0.717) is 17.8 Å². The summed E-state index contributed by atoms with van der Waals surface area (Å²) in [6, 6.07) is 3.17. The van der Waals surface area contributed by atoms with E-state index in [9.17, 15) is 18.4 Å². The zero-order chi connectivity index (χ0) is 25.0. The van der Waals surface area contributed by atoms with Crippen molar-refractivity contribution in [1.82, 2.24) is 5.32 Å². The molecule has 0 bridgehead atoms. The average Bonchev–Trinajstić information content (AvgIpc) is 3.11. The first-order chi connectivity index (χ1) is 16.2. The first-order valence-electron chi connectivity index (χ1n) is 11.2. The van der Waals surface area contributed by atoms with Gasteiger partial charge in [0.05, 0.1) is 11.3 Å². The number of benzene rings is 1. The van der Waals surface area contributed by atoms with Gasteiger partial charge in [0, 0.05) is 36.7 Å². The summed E-state index contributed by atoms with van der Waals surface area (Å²) in [5.74, 6) is -1.43. The SMILES string of the molecule is C=C(CC1=CC(C)C2=C1C(=O)C(CC)C=C2)/C(=C\N=C(/C)Nc1ccc(F)cc1F)C(=O)NC. The molecule has 3 rings (SSSR count). The molecule has 0 aromatic heterocycles. The molecule has 2 unspecified atom stereocenters. The molecule has 1 aromatic rings. The van der Waals surface area contributed by atoms with Gasteiger partial charge in [0.25, 0.3) is 5.91 Å². The van der Waals surface area contributed by atoms with Gasteiger partial charge in [-0.25, -0.2) is 13.8 Å².